The molecule has 6 heteroatoms. The molecule has 0 aromatic heterocycles. The van der Waals surface area contributed by atoms with Crippen LogP contribution < -0.4 is 5.32 Å². The molecule has 0 radical (unpaired) electrons. The molecule has 2 atom stereocenters. The fourth-order valence-electron chi connectivity index (χ4n) is 10.4. The van der Waals surface area contributed by atoms with Crippen molar-refractivity contribution in [2.45, 2.75) is 373 Å². The summed E-state index contributed by atoms with van der Waals surface area (Å²) in [5.74, 6) is -0.0723. The molecule has 1 amide bonds. The van der Waals surface area contributed by atoms with Crippen molar-refractivity contribution in [3.63, 3.8) is 0 Å². The van der Waals surface area contributed by atoms with Gasteiger partial charge in [0, 0.05) is 12.8 Å². The lowest BCUT2D eigenvalue weighted by atomic mass is 10.0. The van der Waals surface area contributed by atoms with Crippen molar-refractivity contribution in [3.8, 4) is 0 Å². The number of aliphatic hydroxyl groups is 2. The minimum atomic E-state index is -0.852. The quantitative estimate of drug-likeness (QED) is 0.0320. The van der Waals surface area contributed by atoms with Crippen LogP contribution in [0.15, 0.2) is 48.6 Å². The van der Waals surface area contributed by atoms with E-state index in [0.29, 0.717) is 19.4 Å². The Hall–Kier alpha value is -2.18. The zero-order chi connectivity index (χ0) is 55.0. The van der Waals surface area contributed by atoms with Crippen molar-refractivity contribution in [2.24, 2.45) is 0 Å². The second-order valence-corrected chi connectivity index (χ2v) is 23.1. The molecule has 0 fully saturated rings. The van der Waals surface area contributed by atoms with E-state index in [2.05, 4.69) is 55.6 Å². The van der Waals surface area contributed by atoms with Gasteiger partial charge in [0.1, 0.15) is 0 Å². The Bertz CT molecular complexity index is 1270. The van der Waals surface area contributed by atoms with E-state index in [1.54, 1.807) is 6.08 Å². The smallest absolute Gasteiger partial charge is 0.305 e. The van der Waals surface area contributed by atoms with Gasteiger partial charge in [-0.15, -0.1) is 0 Å². The fraction of sp³-hybridized carbons (Fsp3) is 0.857. The van der Waals surface area contributed by atoms with Gasteiger partial charge >= 0.3 is 5.97 Å². The molecule has 0 aliphatic rings. The first-order valence-electron chi connectivity index (χ1n) is 33.9. The van der Waals surface area contributed by atoms with Crippen LogP contribution in [0.3, 0.4) is 0 Å². The maximum absolute atomic E-state index is 12.5. The summed E-state index contributed by atoms with van der Waals surface area (Å²) in [5.41, 5.74) is 0. The minimum Gasteiger partial charge on any atom is -0.466 e. The molecule has 0 aliphatic carbocycles. The molecule has 3 N–H and O–H groups in total. The van der Waals surface area contributed by atoms with Gasteiger partial charge in [0.05, 0.1) is 25.4 Å². The Kier molecular flexibility index (Phi) is 63.5. The van der Waals surface area contributed by atoms with E-state index in [1.165, 1.54) is 276 Å². The molecule has 2 unspecified atom stereocenters. The highest BCUT2D eigenvalue weighted by Gasteiger charge is 2.18. The maximum Gasteiger partial charge on any atom is 0.305 e. The molecular weight excluding hydrogens is 935 g/mol. The lowest BCUT2D eigenvalue weighted by molar-refractivity contribution is -0.143. The zero-order valence-electron chi connectivity index (χ0n) is 51.0. The number of esters is 1. The van der Waals surface area contributed by atoms with E-state index in [0.717, 1.165) is 57.8 Å². The van der Waals surface area contributed by atoms with Gasteiger partial charge in [0.15, 0.2) is 0 Å². The van der Waals surface area contributed by atoms with E-state index < -0.39 is 12.1 Å². The molecule has 446 valence electrons. The third kappa shape index (κ3) is 61.0. The van der Waals surface area contributed by atoms with E-state index in [9.17, 15) is 19.8 Å². The molecule has 0 aromatic carbocycles. The van der Waals surface area contributed by atoms with Gasteiger partial charge in [-0.25, -0.2) is 0 Å². The average molecular weight is 1070 g/mol. The van der Waals surface area contributed by atoms with Crippen molar-refractivity contribution < 1.29 is 24.5 Å². The molecule has 0 saturated carbocycles. The number of ether oxygens (including phenoxy) is 1. The standard InChI is InChI=1S/C70H131NO5/c1-3-5-7-9-11-13-15-17-19-21-23-27-30-34-38-42-46-50-54-58-62-68(73)67(66-72)71-69(74)63-59-55-51-47-43-39-35-31-28-24-25-29-33-37-41-45-49-53-57-61-65-76-70(75)64-60-56-52-48-44-40-36-32-26-22-20-18-16-14-12-10-8-6-4-2/h12,14,18,20,24,28,58,62,67-68,72-73H,3-11,13,15-17,19,21-23,25-27,29-57,59-61,63-66H2,1-2H3,(H,71,74)/b14-12-,20-18-,28-24-,62-58+. The van der Waals surface area contributed by atoms with Crippen molar-refractivity contribution in [2.75, 3.05) is 13.2 Å². The van der Waals surface area contributed by atoms with Gasteiger partial charge in [0.25, 0.3) is 0 Å². The van der Waals surface area contributed by atoms with Crippen LogP contribution in [0, 0.1) is 0 Å². The number of hydrogen-bond donors (Lipinski definition) is 3. The summed E-state index contributed by atoms with van der Waals surface area (Å²) in [6.07, 6.45) is 84.5. The SMILES string of the molecule is CCCCC/C=C\C/C=C\CCCCCCCCCCCC(=O)OCCCCCCCCCCC/C=C\CCCCCCCCCC(=O)NC(CO)C(O)/C=C/CCCCCCCCCCCCCCCCCCCC. The molecule has 0 heterocycles. The lowest BCUT2D eigenvalue weighted by Crippen LogP contribution is -2.45. The van der Waals surface area contributed by atoms with Crippen LogP contribution in [0.25, 0.3) is 0 Å². The van der Waals surface area contributed by atoms with Crippen LogP contribution in [0.2, 0.25) is 0 Å². The van der Waals surface area contributed by atoms with E-state index in [-0.39, 0.29) is 18.5 Å². The summed E-state index contributed by atoms with van der Waals surface area (Å²) in [5, 5.41) is 23.2. The van der Waals surface area contributed by atoms with Gasteiger partial charge < -0.3 is 20.3 Å². The lowest BCUT2D eigenvalue weighted by Gasteiger charge is -2.20. The molecule has 0 aromatic rings. The van der Waals surface area contributed by atoms with Crippen molar-refractivity contribution >= 4 is 11.9 Å². The van der Waals surface area contributed by atoms with Crippen LogP contribution in [-0.4, -0.2) is 47.4 Å². The maximum atomic E-state index is 12.5. The molecule has 0 rings (SSSR count). The third-order valence-electron chi connectivity index (χ3n) is 15.6. The van der Waals surface area contributed by atoms with Crippen LogP contribution >= 0.6 is 0 Å². The highest BCUT2D eigenvalue weighted by Crippen LogP contribution is 2.17. The topological polar surface area (TPSA) is 95.9 Å². The number of unbranched alkanes of at least 4 members (excludes halogenated alkanes) is 46. The van der Waals surface area contributed by atoms with Gasteiger partial charge in [-0.05, 0) is 89.9 Å². The molecule has 0 saturated heterocycles. The monoisotopic (exact) mass is 1070 g/mol. The van der Waals surface area contributed by atoms with Crippen molar-refractivity contribution in [1.82, 2.24) is 5.32 Å². The summed E-state index contributed by atoms with van der Waals surface area (Å²) in [7, 11) is 0. The number of carbonyl (C=O) groups excluding carboxylic acids is 2. The van der Waals surface area contributed by atoms with Crippen LogP contribution in [0.5, 0.6) is 0 Å². The first-order chi connectivity index (χ1) is 37.5. The molecule has 0 bridgehead atoms. The molecular formula is C70H131NO5. The zero-order valence-corrected chi connectivity index (χ0v) is 51.0. The number of carbonyl (C=O) groups is 2. The second kappa shape index (κ2) is 65.3. The van der Waals surface area contributed by atoms with E-state index >= 15 is 0 Å². The van der Waals surface area contributed by atoms with Gasteiger partial charge in [0.2, 0.25) is 5.91 Å². The third-order valence-corrected chi connectivity index (χ3v) is 15.6. The molecule has 76 heavy (non-hydrogen) atoms. The van der Waals surface area contributed by atoms with E-state index in [1.807, 2.05) is 6.08 Å². The Morgan fingerprint density at radius 2 is 0.658 bits per heavy atom. The Morgan fingerprint density at radius 3 is 1.04 bits per heavy atom. The first-order valence-corrected chi connectivity index (χ1v) is 33.9. The predicted molar refractivity (Wildman–Crippen MR) is 333 cm³/mol. The number of nitrogens with one attached hydrogen (secondary N) is 1. The Morgan fingerprint density at radius 1 is 0.368 bits per heavy atom. The number of rotatable bonds is 63. The molecule has 0 spiro atoms. The number of aliphatic hydroxyl groups excluding tert-OH is 2. The first kappa shape index (κ1) is 73.8. The summed E-state index contributed by atoms with van der Waals surface area (Å²) in [4.78, 5) is 24.6. The Labute approximate surface area is 474 Å². The van der Waals surface area contributed by atoms with Crippen molar-refractivity contribution in [1.29, 1.82) is 0 Å². The van der Waals surface area contributed by atoms with Crippen LogP contribution in [0.1, 0.15) is 361 Å². The highest BCUT2D eigenvalue weighted by molar-refractivity contribution is 5.76. The average Bonchev–Trinajstić information content (AvgIpc) is 3.42. The fourth-order valence-corrected chi connectivity index (χ4v) is 10.4. The van der Waals surface area contributed by atoms with Gasteiger partial charge in [-0.2, -0.15) is 0 Å². The summed E-state index contributed by atoms with van der Waals surface area (Å²) < 4.78 is 5.50. The molecule has 0 aliphatic heterocycles. The van der Waals surface area contributed by atoms with Crippen molar-refractivity contribution in [3.05, 3.63) is 48.6 Å². The summed E-state index contributed by atoms with van der Waals surface area (Å²) in [6.45, 7) is 4.89. The normalized spacial score (nSPS) is 12.8. The number of hydrogen-bond acceptors (Lipinski definition) is 5. The van der Waals surface area contributed by atoms with Gasteiger partial charge in [-0.3, -0.25) is 9.59 Å². The summed E-state index contributed by atoms with van der Waals surface area (Å²) in [6, 6.07) is -0.636. The summed E-state index contributed by atoms with van der Waals surface area (Å²) >= 11 is 0. The number of amides is 1. The second-order valence-electron chi connectivity index (χ2n) is 23.1. The predicted octanol–water partition coefficient (Wildman–Crippen LogP) is 21.7. The van der Waals surface area contributed by atoms with Gasteiger partial charge in [-0.1, -0.05) is 306 Å². The molecule has 6 nitrogen and oxygen atoms in total. The van der Waals surface area contributed by atoms with Crippen LogP contribution in [0.4, 0.5) is 0 Å². The number of allylic oxidation sites excluding steroid dienone is 7. The highest BCUT2D eigenvalue weighted by atomic mass is 16.5. The largest absolute Gasteiger partial charge is 0.466 e. The Balaban J connectivity index is 3.45. The van der Waals surface area contributed by atoms with E-state index in [4.69, 9.17) is 4.74 Å². The minimum absolute atomic E-state index is 0.00197. The van der Waals surface area contributed by atoms with Crippen LogP contribution in [-0.2, 0) is 14.3 Å².